The van der Waals surface area contributed by atoms with E-state index in [2.05, 4.69) is 16.2 Å². The van der Waals surface area contributed by atoms with Gasteiger partial charge in [0.25, 0.3) is 11.8 Å². The van der Waals surface area contributed by atoms with Gasteiger partial charge in [-0.1, -0.05) is 35.9 Å². The average Bonchev–Trinajstić information content (AvgIpc) is 2.74. The van der Waals surface area contributed by atoms with Crippen molar-refractivity contribution in [3.05, 3.63) is 64.2 Å². The molecule has 0 radical (unpaired) electrons. The van der Waals surface area contributed by atoms with Crippen molar-refractivity contribution in [1.29, 1.82) is 0 Å². The van der Waals surface area contributed by atoms with E-state index in [9.17, 15) is 19.2 Å². The number of ether oxygens (including phenoxy) is 1. The third-order valence-corrected chi connectivity index (χ3v) is 4.79. The van der Waals surface area contributed by atoms with Crippen LogP contribution in [-0.2, 0) is 19.1 Å². The standard InChI is InChI=1S/C22H24ClN3O5/c1-14-7-5-10-18(15(14)2)24-20(28)13-31-21(29)12-6-11-19(27)25-26-22(30)16-8-3-4-9-17(16)23/h3-5,7-10H,6,11-13H2,1-2H3,(H,24,28)(H,25,27)(H,26,30). The molecule has 0 aliphatic rings. The van der Waals surface area contributed by atoms with Crippen LogP contribution in [0.3, 0.4) is 0 Å². The molecular formula is C22H24ClN3O5. The lowest BCUT2D eigenvalue weighted by Gasteiger charge is -2.10. The normalized spacial score (nSPS) is 10.2. The van der Waals surface area contributed by atoms with Crippen molar-refractivity contribution in [2.75, 3.05) is 11.9 Å². The summed E-state index contributed by atoms with van der Waals surface area (Å²) in [7, 11) is 0. The molecule has 0 heterocycles. The summed E-state index contributed by atoms with van der Waals surface area (Å²) in [5.74, 6) is -2.06. The van der Waals surface area contributed by atoms with E-state index in [4.69, 9.17) is 16.3 Å². The van der Waals surface area contributed by atoms with E-state index < -0.39 is 30.3 Å². The first-order valence-corrected chi connectivity index (χ1v) is 10.0. The Balaban J connectivity index is 1.63. The smallest absolute Gasteiger partial charge is 0.306 e. The third kappa shape index (κ3) is 7.75. The largest absolute Gasteiger partial charge is 0.456 e. The molecule has 0 unspecified atom stereocenters. The van der Waals surface area contributed by atoms with Crippen LogP contribution in [0.25, 0.3) is 0 Å². The monoisotopic (exact) mass is 445 g/mol. The van der Waals surface area contributed by atoms with Crippen molar-refractivity contribution in [2.24, 2.45) is 0 Å². The Hall–Kier alpha value is -3.39. The van der Waals surface area contributed by atoms with Crippen LogP contribution in [0.2, 0.25) is 5.02 Å². The van der Waals surface area contributed by atoms with E-state index in [-0.39, 0.29) is 29.8 Å². The van der Waals surface area contributed by atoms with Gasteiger partial charge >= 0.3 is 5.97 Å². The maximum Gasteiger partial charge on any atom is 0.306 e. The lowest BCUT2D eigenvalue weighted by atomic mass is 10.1. The molecule has 0 fully saturated rings. The number of benzene rings is 2. The number of hydrogen-bond acceptors (Lipinski definition) is 5. The van der Waals surface area contributed by atoms with Gasteiger partial charge < -0.3 is 10.1 Å². The minimum Gasteiger partial charge on any atom is -0.456 e. The predicted octanol–water partition coefficient (Wildman–Crippen LogP) is 3.07. The van der Waals surface area contributed by atoms with E-state index in [1.807, 2.05) is 26.0 Å². The third-order valence-electron chi connectivity index (χ3n) is 4.46. The number of nitrogens with one attached hydrogen (secondary N) is 3. The van der Waals surface area contributed by atoms with Crippen LogP contribution >= 0.6 is 11.6 Å². The van der Waals surface area contributed by atoms with Crippen LogP contribution in [0.1, 0.15) is 40.7 Å². The minimum absolute atomic E-state index is 0.00736. The van der Waals surface area contributed by atoms with Gasteiger partial charge in [-0.2, -0.15) is 0 Å². The minimum atomic E-state index is -0.594. The lowest BCUT2D eigenvalue weighted by molar-refractivity contribution is -0.147. The highest BCUT2D eigenvalue weighted by Crippen LogP contribution is 2.17. The van der Waals surface area contributed by atoms with E-state index >= 15 is 0 Å². The number of halogens is 1. The number of carbonyl (C=O) groups excluding carboxylic acids is 4. The Kier molecular flexibility index (Phi) is 9.02. The summed E-state index contributed by atoms with van der Waals surface area (Å²) in [4.78, 5) is 47.5. The zero-order valence-electron chi connectivity index (χ0n) is 17.3. The Labute approximate surface area is 185 Å². The summed E-state index contributed by atoms with van der Waals surface area (Å²) in [5.41, 5.74) is 7.38. The fourth-order valence-corrected chi connectivity index (χ4v) is 2.81. The molecule has 31 heavy (non-hydrogen) atoms. The van der Waals surface area contributed by atoms with Gasteiger partial charge in [0.1, 0.15) is 0 Å². The molecule has 0 aliphatic heterocycles. The van der Waals surface area contributed by atoms with E-state index in [0.29, 0.717) is 5.69 Å². The number of anilines is 1. The van der Waals surface area contributed by atoms with Crippen LogP contribution < -0.4 is 16.2 Å². The SMILES string of the molecule is Cc1cccc(NC(=O)COC(=O)CCCC(=O)NNC(=O)c2ccccc2Cl)c1C. The van der Waals surface area contributed by atoms with Gasteiger partial charge in [0.15, 0.2) is 6.61 Å². The number of esters is 1. The molecule has 0 spiro atoms. The summed E-state index contributed by atoms with van der Waals surface area (Å²) in [6, 6.07) is 11.9. The zero-order chi connectivity index (χ0) is 22.8. The second kappa shape index (κ2) is 11.7. The highest BCUT2D eigenvalue weighted by Gasteiger charge is 2.12. The molecule has 3 amide bonds. The molecule has 0 saturated heterocycles. The van der Waals surface area contributed by atoms with Gasteiger partial charge in [-0.05, 0) is 49.6 Å². The predicted molar refractivity (Wildman–Crippen MR) is 116 cm³/mol. The highest BCUT2D eigenvalue weighted by atomic mass is 35.5. The summed E-state index contributed by atoms with van der Waals surface area (Å²) in [5, 5.41) is 2.96. The fourth-order valence-electron chi connectivity index (χ4n) is 2.59. The number of amides is 3. The van der Waals surface area contributed by atoms with Gasteiger partial charge in [0.2, 0.25) is 5.91 Å². The number of aryl methyl sites for hydroxylation is 1. The molecule has 8 nitrogen and oxygen atoms in total. The molecule has 164 valence electrons. The van der Waals surface area contributed by atoms with Crippen molar-refractivity contribution in [2.45, 2.75) is 33.1 Å². The Morgan fingerprint density at radius 3 is 2.39 bits per heavy atom. The van der Waals surface area contributed by atoms with Crippen LogP contribution in [-0.4, -0.2) is 30.3 Å². The first kappa shape index (κ1) is 23.9. The summed E-state index contributed by atoms with van der Waals surface area (Å²) in [6.07, 6.45) is 0.153. The molecule has 2 rings (SSSR count). The molecule has 9 heteroatoms. The van der Waals surface area contributed by atoms with E-state index in [1.54, 1.807) is 24.3 Å². The summed E-state index contributed by atoms with van der Waals surface area (Å²) >= 11 is 5.91. The number of hydrazine groups is 1. The Morgan fingerprint density at radius 1 is 0.903 bits per heavy atom. The average molecular weight is 446 g/mol. The maximum absolute atomic E-state index is 12.0. The summed E-state index contributed by atoms with van der Waals surface area (Å²) in [6.45, 7) is 3.41. The van der Waals surface area contributed by atoms with Gasteiger partial charge in [-0.3, -0.25) is 30.0 Å². The van der Waals surface area contributed by atoms with Crippen molar-refractivity contribution >= 4 is 41.0 Å². The highest BCUT2D eigenvalue weighted by molar-refractivity contribution is 6.33. The first-order chi connectivity index (χ1) is 14.8. The van der Waals surface area contributed by atoms with Crippen molar-refractivity contribution in [1.82, 2.24) is 10.9 Å². The van der Waals surface area contributed by atoms with Crippen molar-refractivity contribution < 1.29 is 23.9 Å². The molecule has 0 bridgehead atoms. The van der Waals surface area contributed by atoms with Gasteiger partial charge in [-0.25, -0.2) is 0 Å². The second-order valence-corrected chi connectivity index (χ2v) is 7.20. The summed E-state index contributed by atoms with van der Waals surface area (Å²) < 4.78 is 4.93. The second-order valence-electron chi connectivity index (χ2n) is 6.79. The first-order valence-electron chi connectivity index (χ1n) is 9.63. The molecule has 0 aromatic heterocycles. The Morgan fingerprint density at radius 2 is 1.65 bits per heavy atom. The number of hydrogen-bond donors (Lipinski definition) is 3. The maximum atomic E-state index is 12.0. The number of carbonyl (C=O) groups is 4. The molecule has 0 atom stereocenters. The topological polar surface area (TPSA) is 114 Å². The lowest BCUT2D eigenvalue weighted by Crippen LogP contribution is -2.41. The molecule has 0 aliphatic carbocycles. The molecule has 0 saturated carbocycles. The molecule has 3 N–H and O–H groups in total. The van der Waals surface area contributed by atoms with Crippen LogP contribution in [0.5, 0.6) is 0 Å². The van der Waals surface area contributed by atoms with E-state index in [1.165, 1.54) is 6.07 Å². The van der Waals surface area contributed by atoms with E-state index in [0.717, 1.165) is 11.1 Å². The van der Waals surface area contributed by atoms with Crippen LogP contribution in [0.4, 0.5) is 5.69 Å². The van der Waals surface area contributed by atoms with Gasteiger partial charge in [0, 0.05) is 18.5 Å². The fraction of sp³-hybridized carbons (Fsp3) is 0.273. The van der Waals surface area contributed by atoms with Gasteiger partial charge in [-0.15, -0.1) is 0 Å². The molecular weight excluding hydrogens is 422 g/mol. The zero-order valence-corrected chi connectivity index (χ0v) is 18.0. The molecule has 2 aromatic carbocycles. The Bertz CT molecular complexity index is 977. The quantitative estimate of drug-likeness (QED) is 0.427. The van der Waals surface area contributed by atoms with Crippen LogP contribution in [0.15, 0.2) is 42.5 Å². The molecule has 2 aromatic rings. The van der Waals surface area contributed by atoms with Crippen LogP contribution in [0, 0.1) is 13.8 Å². The van der Waals surface area contributed by atoms with Crippen molar-refractivity contribution in [3.8, 4) is 0 Å². The van der Waals surface area contributed by atoms with Gasteiger partial charge in [0.05, 0.1) is 10.6 Å². The number of rotatable bonds is 8. The van der Waals surface area contributed by atoms with Crippen molar-refractivity contribution in [3.63, 3.8) is 0 Å².